The molecule has 0 aliphatic carbocycles. The third kappa shape index (κ3) is 4.94. The topological polar surface area (TPSA) is 90.3 Å². The summed E-state index contributed by atoms with van der Waals surface area (Å²) in [6, 6.07) is 8.36. The molecule has 1 aliphatic heterocycles. The summed E-state index contributed by atoms with van der Waals surface area (Å²) in [4.78, 5) is 26.6. The predicted octanol–water partition coefficient (Wildman–Crippen LogP) is 0.776. The molecule has 2 rings (SSSR count). The number of aliphatic hydroxyl groups excluding tert-OH is 1. The molecule has 1 aliphatic rings. The van der Waals surface area contributed by atoms with E-state index in [1.165, 1.54) is 0 Å². The van der Waals surface area contributed by atoms with Gasteiger partial charge >= 0.3 is 6.09 Å². The van der Waals surface area contributed by atoms with Crippen LogP contribution < -0.4 is 0 Å². The van der Waals surface area contributed by atoms with Gasteiger partial charge in [-0.25, -0.2) is 4.79 Å². The van der Waals surface area contributed by atoms with Crippen LogP contribution in [0.1, 0.15) is 12.0 Å². The normalized spacial score (nSPS) is 16.0. The Morgan fingerprint density at radius 3 is 2.43 bits per heavy atom. The van der Waals surface area contributed by atoms with Crippen molar-refractivity contribution >= 4 is 12.0 Å². The molecule has 7 heteroatoms. The van der Waals surface area contributed by atoms with Crippen LogP contribution in [0.25, 0.3) is 0 Å². The summed E-state index contributed by atoms with van der Waals surface area (Å²) in [5.74, 6) is -0.160. The Labute approximate surface area is 135 Å². The van der Waals surface area contributed by atoms with Crippen LogP contribution >= 0.6 is 0 Å². The zero-order valence-electron chi connectivity index (χ0n) is 12.9. The summed E-state index contributed by atoms with van der Waals surface area (Å²) >= 11 is 0. The Morgan fingerprint density at radius 1 is 1.22 bits per heavy atom. The van der Waals surface area contributed by atoms with Crippen molar-refractivity contribution in [1.82, 2.24) is 9.80 Å². The highest BCUT2D eigenvalue weighted by Crippen LogP contribution is 2.13. The second-order valence-corrected chi connectivity index (χ2v) is 5.43. The highest BCUT2D eigenvalue weighted by molar-refractivity contribution is 5.77. The lowest BCUT2D eigenvalue weighted by Gasteiger charge is -2.31. The van der Waals surface area contributed by atoms with Crippen LogP contribution in [0.2, 0.25) is 0 Å². The first-order valence-electron chi connectivity index (χ1n) is 7.61. The van der Waals surface area contributed by atoms with E-state index in [1.54, 1.807) is 4.90 Å². The van der Waals surface area contributed by atoms with E-state index >= 15 is 0 Å². The average molecular weight is 322 g/mol. The smallest absolute Gasteiger partial charge is 0.407 e. The monoisotopic (exact) mass is 322 g/mol. The summed E-state index contributed by atoms with van der Waals surface area (Å²) < 4.78 is 5.20. The number of amides is 2. The summed E-state index contributed by atoms with van der Waals surface area (Å²) in [6.45, 7) is 1.73. The molecule has 0 spiro atoms. The van der Waals surface area contributed by atoms with Crippen molar-refractivity contribution < 1.29 is 24.5 Å². The molecule has 1 atom stereocenters. The van der Waals surface area contributed by atoms with Gasteiger partial charge in [0.05, 0.1) is 25.9 Å². The largest absolute Gasteiger partial charge is 0.465 e. The SMILES string of the molecule is O=C(CC(CO)N(Cc1ccccc1)C(=O)O)N1CCOCC1. The first-order chi connectivity index (χ1) is 11.1. The number of nitrogens with zero attached hydrogens (tertiary/aromatic N) is 2. The minimum Gasteiger partial charge on any atom is -0.465 e. The fraction of sp³-hybridized carbons (Fsp3) is 0.500. The zero-order chi connectivity index (χ0) is 16.7. The number of hydrogen-bond acceptors (Lipinski definition) is 4. The third-order valence-corrected chi connectivity index (χ3v) is 3.87. The first kappa shape index (κ1) is 17.2. The lowest BCUT2D eigenvalue weighted by atomic mass is 10.1. The summed E-state index contributed by atoms with van der Waals surface area (Å²) in [7, 11) is 0. The number of carboxylic acid groups (broad SMARTS) is 1. The van der Waals surface area contributed by atoms with Crippen molar-refractivity contribution in [3.8, 4) is 0 Å². The summed E-state index contributed by atoms with van der Waals surface area (Å²) in [5, 5.41) is 19.0. The second kappa shape index (κ2) is 8.50. The molecule has 0 aromatic heterocycles. The van der Waals surface area contributed by atoms with E-state index in [4.69, 9.17) is 4.74 Å². The quantitative estimate of drug-likeness (QED) is 0.807. The van der Waals surface area contributed by atoms with Gasteiger partial charge in [0.1, 0.15) is 0 Å². The van der Waals surface area contributed by atoms with Gasteiger partial charge in [-0.3, -0.25) is 9.69 Å². The maximum atomic E-state index is 12.3. The van der Waals surface area contributed by atoms with Gasteiger partial charge in [-0.15, -0.1) is 0 Å². The van der Waals surface area contributed by atoms with E-state index in [2.05, 4.69) is 0 Å². The number of ether oxygens (including phenoxy) is 1. The molecule has 1 unspecified atom stereocenters. The Bertz CT molecular complexity index is 516. The van der Waals surface area contributed by atoms with Gasteiger partial charge in [-0.1, -0.05) is 30.3 Å². The van der Waals surface area contributed by atoms with Gasteiger partial charge in [0, 0.05) is 26.1 Å². The Hall–Kier alpha value is -2.12. The molecule has 0 radical (unpaired) electrons. The molecule has 1 aromatic rings. The van der Waals surface area contributed by atoms with E-state index in [1.807, 2.05) is 30.3 Å². The molecule has 1 saturated heterocycles. The van der Waals surface area contributed by atoms with Crippen LogP contribution in [0.4, 0.5) is 4.79 Å². The third-order valence-electron chi connectivity index (χ3n) is 3.87. The molecule has 2 amide bonds. The van der Waals surface area contributed by atoms with E-state index in [-0.39, 0.29) is 18.9 Å². The van der Waals surface area contributed by atoms with Crippen LogP contribution in [0.5, 0.6) is 0 Å². The van der Waals surface area contributed by atoms with E-state index < -0.39 is 18.7 Å². The average Bonchev–Trinajstić information content (AvgIpc) is 2.59. The molecular formula is C16H22N2O5. The van der Waals surface area contributed by atoms with Crippen LogP contribution in [0, 0.1) is 0 Å². The van der Waals surface area contributed by atoms with Crippen molar-refractivity contribution in [2.24, 2.45) is 0 Å². The van der Waals surface area contributed by atoms with Gasteiger partial charge < -0.3 is 19.8 Å². The molecule has 7 nitrogen and oxygen atoms in total. The second-order valence-electron chi connectivity index (χ2n) is 5.43. The van der Waals surface area contributed by atoms with Crippen molar-refractivity contribution in [2.45, 2.75) is 19.0 Å². The maximum Gasteiger partial charge on any atom is 0.407 e. The molecule has 1 fully saturated rings. The van der Waals surface area contributed by atoms with Gasteiger partial charge in [0.15, 0.2) is 0 Å². The molecule has 0 saturated carbocycles. The number of carbonyl (C=O) groups excluding carboxylic acids is 1. The van der Waals surface area contributed by atoms with E-state index in [0.717, 1.165) is 10.5 Å². The van der Waals surface area contributed by atoms with Crippen molar-refractivity contribution in [3.63, 3.8) is 0 Å². The highest BCUT2D eigenvalue weighted by atomic mass is 16.5. The fourth-order valence-electron chi connectivity index (χ4n) is 2.55. The number of carbonyl (C=O) groups is 2. The first-order valence-corrected chi connectivity index (χ1v) is 7.61. The predicted molar refractivity (Wildman–Crippen MR) is 82.9 cm³/mol. The van der Waals surface area contributed by atoms with Crippen LogP contribution in [0.3, 0.4) is 0 Å². The molecule has 1 aromatic carbocycles. The van der Waals surface area contributed by atoms with E-state index in [0.29, 0.717) is 26.3 Å². The lowest BCUT2D eigenvalue weighted by molar-refractivity contribution is -0.136. The minimum atomic E-state index is -1.15. The number of hydrogen-bond donors (Lipinski definition) is 2. The van der Waals surface area contributed by atoms with Crippen molar-refractivity contribution in [3.05, 3.63) is 35.9 Å². The minimum absolute atomic E-state index is 0.0321. The molecular weight excluding hydrogens is 300 g/mol. The summed E-state index contributed by atoms with van der Waals surface area (Å²) in [6.07, 6.45) is -1.18. The van der Waals surface area contributed by atoms with Crippen molar-refractivity contribution in [2.75, 3.05) is 32.9 Å². The maximum absolute atomic E-state index is 12.3. The molecule has 1 heterocycles. The Morgan fingerprint density at radius 2 is 1.87 bits per heavy atom. The fourth-order valence-corrected chi connectivity index (χ4v) is 2.55. The lowest BCUT2D eigenvalue weighted by Crippen LogP contribution is -2.47. The zero-order valence-corrected chi connectivity index (χ0v) is 12.9. The number of morpholine rings is 1. The number of rotatable bonds is 6. The molecule has 2 N–H and O–H groups in total. The number of aliphatic hydroxyl groups is 1. The van der Waals surface area contributed by atoms with Gasteiger partial charge in [-0.05, 0) is 5.56 Å². The number of benzene rings is 1. The highest BCUT2D eigenvalue weighted by Gasteiger charge is 2.28. The van der Waals surface area contributed by atoms with Crippen LogP contribution in [-0.4, -0.2) is 71.0 Å². The van der Waals surface area contributed by atoms with Crippen LogP contribution in [0.15, 0.2) is 30.3 Å². The van der Waals surface area contributed by atoms with Gasteiger partial charge in [0.25, 0.3) is 0 Å². The molecule has 126 valence electrons. The Kier molecular flexibility index (Phi) is 6.37. The summed E-state index contributed by atoms with van der Waals surface area (Å²) in [5.41, 5.74) is 0.812. The van der Waals surface area contributed by atoms with Gasteiger partial charge in [-0.2, -0.15) is 0 Å². The van der Waals surface area contributed by atoms with Crippen LogP contribution in [-0.2, 0) is 16.1 Å². The van der Waals surface area contributed by atoms with Crippen molar-refractivity contribution in [1.29, 1.82) is 0 Å². The standard InChI is InChI=1S/C16H22N2O5/c19-12-14(10-15(20)17-6-8-23-9-7-17)18(16(21)22)11-13-4-2-1-3-5-13/h1-5,14,19H,6-12H2,(H,21,22). The van der Waals surface area contributed by atoms with Gasteiger partial charge in [0.2, 0.25) is 5.91 Å². The van der Waals surface area contributed by atoms with E-state index in [9.17, 15) is 19.8 Å². The molecule has 0 bridgehead atoms. The Balaban J connectivity index is 2.02. The molecule has 23 heavy (non-hydrogen) atoms.